The summed E-state index contributed by atoms with van der Waals surface area (Å²) in [6.07, 6.45) is -3.90. The molecule has 0 saturated carbocycles. The first-order chi connectivity index (χ1) is 16.4. The van der Waals surface area contributed by atoms with E-state index in [1.165, 1.54) is 17.9 Å². The van der Waals surface area contributed by atoms with E-state index in [0.717, 1.165) is 22.9 Å². The van der Waals surface area contributed by atoms with Gasteiger partial charge in [-0.2, -0.15) is 13.2 Å². The highest BCUT2D eigenvalue weighted by Gasteiger charge is 2.34. The van der Waals surface area contributed by atoms with Crippen molar-refractivity contribution in [2.45, 2.75) is 52.0 Å². The summed E-state index contributed by atoms with van der Waals surface area (Å²) in [6.45, 7) is 6.01. The van der Waals surface area contributed by atoms with Crippen LogP contribution in [-0.2, 0) is 32.3 Å². The Morgan fingerprint density at radius 2 is 1.67 bits per heavy atom. The zero-order valence-corrected chi connectivity index (χ0v) is 23.0. The van der Waals surface area contributed by atoms with Crippen molar-refractivity contribution in [3.05, 3.63) is 64.1 Å². The molecule has 2 rings (SSSR count). The molecule has 2 amide bonds. The van der Waals surface area contributed by atoms with Crippen LogP contribution in [0.25, 0.3) is 0 Å². The van der Waals surface area contributed by atoms with Gasteiger partial charge in [0.1, 0.15) is 12.6 Å². The number of halogens is 4. The third-order valence-corrected chi connectivity index (χ3v) is 6.68. The van der Waals surface area contributed by atoms with Crippen molar-refractivity contribution in [1.29, 1.82) is 0 Å². The Hall–Kier alpha value is -2.60. The molecular weight excluding hydrogens is 563 g/mol. The molecule has 1 atom stereocenters. The molecule has 0 aliphatic heterocycles. The Labute approximate surface area is 217 Å². The quantitative estimate of drug-likeness (QED) is 0.487. The van der Waals surface area contributed by atoms with Crippen molar-refractivity contribution in [2.75, 3.05) is 17.1 Å². The number of carbonyl (C=O) groups is 2. The molecule has 198 valence electrons. The molecule has 0 aliphatic rings. The van der Waals surface area contributed by atoms with Gasteiger partial charge in [0, 0.05) is 16.6 Å². The minimum absolute atomic E-state index is 0.0306. The number of anilines is 1. The molecule has 12 heteroatoms. The van der Waals surface area contributed by atoms with Crippen LogP contribution in [0.15, 0.2) is 53.0 Å². The molecule has 2 aromatic rings. The summed E-state index contributed by atoms with van der Waals surface area (Å²) < 4.78 is 66.1. The van der Waals surface area contributed by atoms with Gasteiger partial charge < -0.3 is 10.2 Å². The van der Waals surface area contributed by atoms with E-state index in [9.17, 15) is 31.2 Å². The Bertz CT molecular complexity index is 1210. The molecule has 1 N–H and O–H groups in total. The number of hydrogen-bond donors (Lipinski definition) is 1. The zero-order chi connectivity index (χ0) is 27.5. The Kier molecular flexibility index (Phi) is 9.22. The first-order valence-electron chi connectivity index (χ1n) is 10.9. The molecule has 0 heterocycles. The van der Waals surface area contributed by atoms with E-state index < -0.39 is 51.7 Å². The third kappa shape index (κ3) is 8.51. The van der Waals surface area contributed by atoms with Crippen LogP contribution in [0.3, 0.4) is 0 Å². The third-order valence-electron chi connectivity index (χ3n) is 5.05. The van der Waals surface area contributed by atoms with E-state index in [2.05, 4.69) is 21.2 Å². The Morgan fingerprint density at radius 1 is 1.06 bits per heavy atom. The highest BCUT2D eigenvalue weighted by atomic mass is 79.9. The molecule has 7 nitrogen and oxygen atoms in total. The number of carbonyl (C=O) groups excluding carboxylic acids is 2. The number of hydrogen-bond acceptors (Lipinski definition) is 4. The fourth-order valence-electron chi connectivity index (χ4n) is 3.34. The number of rotatable bonds is 8. The van der Waals surface area contributed by atoms with Crippen molar-refractivity contribution in [2.24, 2.45) is 0 Å². The lowest BCUT2D eigenvalue weighted by molar-refractivity contribution is -0.140. The summed E-state index contributed by atoms with van der Waals surface area (Å²) in [5.41, 5.74) is -1.29. The number of amides is 2. The summed E-state index contributed by atoms with van der Waals surface area (Å²) in [7, 11) is -4.15. The summed E-state index contributed by atoms with van der Waals surface area (Å²) in [5.74, 6) is -1.22. The average molecular weight is 592 g/mol. The van der Waals surface area contributed by atoms with Crippen LogP contribution >= 0.6 is 15.9 Å². The second kappa shape index (κ2) is 11.2. The molecule has 0 bridgehead atoms. The van der Waals surface area contributed by atoms with Gasteiger partial charge in [0.25, 0.3) is 0 Å². The Morgan fingerprint density at radius 3 is 2.19 bits per heavy atom. The normalized spacial score (nSPS) is 13.1. The van der Waals surface area contributed by atoms with Crippen LogP contribution in [0.5, 0.6) is 0 Å². The number of nitrogens with zero attached hydrogens (tertiary/aromatic N) is 2. The molecule has 0 radical (unpaired) electrons. The van der Waals surface area contributed by atoms with Gasteiger partial charge in [0.15, 0.2) is 0 Å². The van der Waals surface area contributed by atoms with E-state index in [0.29, 0.717) is 15.9 Å². The molecule has 2 aromatic carbocycles. The SMILES string of the molecule is C[C@@H](C(=O)NC(C)(C)C)N(Cc1cccc(Br)c1)C(=O)CN(c1cccc(C(F)(F)F)c1)S(C)(=O)=O. The van der Waals surface area contributed by atoms with Gasteiger partial charge in [-0.3, -0.25) is 13.9 Å². The summed E-state index contributed by atoms with van der Waals surface area (Å²) in [6, 6.07) is 9.73. The Balaban J connectivity index is 2.46. The fraction of sp³-hybridized carbons (Fsp3) is 0.417. The molecule has 36 heavy (non-hydrogen) atoms. The molecule has 0 aromatic heterocycles. The van der Waals surface area contributed by atoms with Crippen LogP contribution in [-0.4, -0.2) is 49.5 Å². The maximum absolute atomic E-state index is 13.5. The largest absolute Gasteiger partial charge is 0.416 e. The van der Waals surface area contributed by atoms with Crippen LogP contribution in [0, 0.1) is 0 Å². The van der Waals surface area contributed by atoms with Crippen LogP contribution in [0.1, 0.15) is 38.8 Å². The van der Waals surface area contributed by atoms with Crippen LogP contribution < -0.4 is 9.62 Å². The molecule has 0 fully saturated rings. The second-order valence-corrected chi connectivity index (χ2v) is 12.2. The molecule has 0 spiro atoms. The van der Waals surface area contributed by atoms with Gasteiger partial charge in [0.2, 0.25) is 21.8 Å². The lowest BCUT2D eigenvalue weighted by Gasteiger charge is -2.33. The van der Waals surface area contributed by atoms with Gasteiger partial charge >= 0.3 is 6.18 Å². The highest BCUT2D eigenvalue weighted by Crippen LogP contribution is 2.32. The number of sulfonamides is 1. The molecule has 0 aliphatic carbocycles. The number of benzene rings is 2. The topological polar surface area (TPSA) is 86.8 Å². The highest BCUT2D eigenvalue weighted by molar-refractivity contribution is 9.10. The number of alkyl halides is 3. The lowest BCUT2D eigenvalue weighted by atomic mass is 10.1. The van der Waals surface area contributed by atoms with E-state index in [4.69, 9.17) is 0 Å². The minimum Gasteiger partial charge on any atom is -0.350 e. The lowest BCUT2D eigenvalue weighted by Crippen LogP contribution is -2.54. The van der Waals surface area contributed by atoms with Gasteiger partial charge in [-0.05, 0) is 63.6 Å². The van der Waals surface area contributed by atoms with E-state index >= 15 is 0 Å². The summed E-state index contributed by atoms with van der Waals surface area (Å²) in [4.78, 5) is 27.6. The molecule has 0 saturated heterocycles. The van der Waals surface area contributed by atoms with Crippen molar-refractivity contribution < 1.29 is 31.2 Å². The smallest absolute Gasteiger partial charge is 0.350 e. The standard InChI is InChI=1S/C24H29BrF3N3O4S/c1-16(22(33)29-23(2,3)4)30(14-17-8-6-10-19(25)12-17)21(32)15-31(36(5,34)35)20-11-7-9-18(13-20)24(26,27)28/h6-13,16H,14-15H2,1-5H3,(H,29,33)/t16-/m0/s1. The van der Waals surface area contributed by atoms with Gasteiger partial charge in [0.05, 0.1) is 17.5 Å². The molecular formula is C24H29BrF3N3O4S. The predicted molar refractivity (Wildman–Crippen MR) is 136 cm³/mol. The van der Waals surface area contributed by atoms with Gasteiger partial charge in [-0.15, -0.1) is 0 Å². The van der Waals surface area contributed by atoms with Gasteiger partial charge in [-0.1, -0.05) is 34.1 Å². The average Bonchev–Trinajstić information content (AvgIpc) is 2.72. The maximum Gasteiger partial charge on any atom is 0.416 e. The van der Waals surface area contributed by atoms with Crippen LogP contribution in [0.2, 0.25) is 0 Å². The zero-order valence-electron chi connectivity index (χ0n) is 20.6. The fourth-order valence-corrected chi connectivity index (χ4v) is 4.63. The van der Waals surface area contributed by atoms with Crippen molar-refractivity contribution in [3.63, 3.8) is 0 Å². The maximum atomic E-state index is 13.5. The minimum atomic E-state index is -4.70. The first kappa shape index (κ1) is 29.6. The van der Waals surface area contributed by atoms with Crippen molar-refractivity contribution >= 4 is 43.5 Å². The predicted octanol–water partition coefficient (Wildman–Crippen LogP) is 4.57. The van der Waals surface area contributed by atoms with Crippen molar-refractivity contribution in [1.82, 2.24) is 10.2 Å². The summed E-state index contributed by atoms with van der Waals surface area (Å²) in [5, 5.41) is 2.79. The first-order valence-corrected chi connectivity index (χ1v) is 13.5. The van der Waals surface area contributed by atoms with E-state index in [-0.39, 0.29) is 12.2 Å². The van der Waals surface area contributed by atoms with Crippen molar-refractivity contribution in [3.8, 4) is 0 Å². The number of nitrogens with one attached hydrogen (secondary N) is 1. The van der Waals surface area contributed by atoms with Crippen LogP contribution in [0.4, 0.5) is 18.9 Å². The second-order valence-electron chi connectivity index (χ2n) is 9.38. The van der Waals surface area contributed by atoms with Gasteiger partial charge in [-0.25, -0.2) is 8.42 Å². The summed E-state index contributed by atoms with van der Waals surface area (Å²) >= 11 is 3.35. The monoisotopic (exact) mass is 591 g/mol. The molecule has 0 unspecified atom stereocenters. The van der Waals surface area contributed by atoms with E-state index in [1.807, 2.05) is 0 Å². The van der Waals surface area contributed by atoms with E-state index in [1.54, 1.807) is 45.0 Å².